The van der Waals surface area contributed by atoms with Gasteiger partial charge in [-0.15, -0.1) is 0 Å². The highest BCUT2D eigenvalue weighted by Gasteiger charge is 2.31. The normalized spacial score (nSPS) is 11.8. The second-order valence-corrected chi connectivity index (χ2v) is 13.3. The quantitative estimate of drug-likeness (QED) is 0.0704. The Balaban J connectivity index is 1.58. The average Bonchev–Trinajstić information content (AvgIpc) is 3.51. The van der Waals surface area contributed by atoms with Gasteiger partial charge in [0.1, 0.15) is 17.1 Å². The van der Waals surface area contributed by atoms with E-state index in [2.05, 4.69) is 18.8 Å². The van der Waals surface area contributed by atoms with E-state index in [9.17, 15) is 23.3 Å². The minimum absolute atomic E-state index is 0.0925. The maximum Gasteiger partial charge on any atom is 0.327 e. The van der Waals surface area contributed by atoms with Gasteiger partial charge < -0.3 is 22.8 Å². The Labute approximate surface area is 283 Å². The molecule has 0 aliphatic rings. The maximum absolute atomic E-state index is 14.0. The molecule has 3 aromatic carbocycles. The molecule has 0 spiro atoms. The van der Waals surface area contributed by atoms with Gasteiger partial charge in [0.25, 0.3) is 5.91 Å². The molecule has 0 bridgehead atoms. The van der Waals surface area contributed by atoms with Crippen LogP contribution in [0.3, 0.4) is 0 Å². The molecule has 0 unspecified atom stereocenters. The van der Waals surface area contributed by atoms with E-state index in [0.717, 1.165) is 29.5 Å². The van der Waals surface area contributed by atoms with Gasteiger partial charge in [0, 0.05) is 42.5 Å². The topological polar surface area (TPSA) is 149 Å². The molecule has 16 heteroatoms. The van der Waals surface area contributed by atoms with Crippen molar-refractivity contribution in [3.05, 3.63) is 106 Å². The molecule has 232 valence electrons. The molecule has 2 heterocycles. The van der Waals surface area contributed by atoms with Crippen molar-refractivity contribution in [2.45, 2.75) is 9.79 Å². The Morgan fingerprint density at radius 3 is 2.37 bits per heavy atom. The van der Waals surface area contributed by atoms with Gasteiger partial charge in [0.15, 0.2) is 5.57 Å². The van der Waals surface area contributed by atoms with Crippen LogP contribution in [0.15, 0.2) is 94.5 Å². The number of halogens is 2. The minimum atomic E-state index is -4.64. The summed E-state index contributed by atoms with van der Waals surface area (Å²) in [5, 5.41) is 13.1. The molecule has 2 aromatic heterocycles. The molecule has 0 saturated heterocycles. The van der Waals surface area contributed by atoms with E-state index in [1.54, 1.807) is 30.3 Å². The number of aromatic nitrogens is 3. The molecule has 0 aliphatic heterocycles. The van der Waals surface area contributed by atoms with Crippen LogP contribution in [0.5, 0.6) is 0 Å². The van der Waals surface area contributed by atoms with Crippen LogP contribution in [0.2, 0.25) is 10.0 Å². The monoisotopic (exact) mass is 709 g/mol. The molecule has 0 aliphatic carbocycles. The van der Waals surface area contributed by atoms with E-state index in [4.69, 9.17) is 35.8 Å². The molecule has 46 heavy (non-hydrogen) atoms. The van der Waals surface area contributed by atoms with Crippen molar-refractivity contribution in [1.82, 2.24) is 13.5 Å². The third-order valence-electron chi connectivity index (χ3n) is 6.60. The van der Waals surface area contributed by atoms with Crippen LogP contribution < -0.4 is 19.5 Å². The number of nitrogens with zero attached hydrogens (tertiary/aromatic N) is 5. The lowest BCUT2D eigenvalue weighted by molar-refractivity contribution is -0.584. The van der Waals surface area contributed by atoms with Crippen LogP contribution in [0.4, 0.5) is 11.4 Å². The summed E-state index contributed by atoms with van der Waals surface area (Å²) in [6.07, 6.45) is 2.98. The Bertz CT molecular complexity index is 2180. The molecule has 1 amide bonds. The summed E-state index contributed by atoms with van der Waals surface area (Å²) in [6.45, 7) is 0. The summed E-state index contributed by atoms with van der Waals surface area (Å²) in [4.78, 5) is 28.0. The zero-order valence-corrected chi connectivity index (χ0v) is 27.8. The van der Waals surface area contributed by atoms with Crippen molar-refractivity contribution < 1.29 is 22.6 Å². The van der Waals surface area contributed by atoms with Gasteiger partial charge in [-0.3, -0.25) is 9.59 Å². The van der Waals surface area contributed by atoms with Crippen LogP contribution in [0.1, 0.15) is 20.7 Å². The summed E-state index contributed by atoms with van der Waals surface area (Å²) < 4.78 is 39.9. The molecule has 0 radical (unpaired) electrons. The number of Topliss-reactive ketones (excluding diaryl/α,β-unsaturated/α-hetero) is 1. The van der Waals surface area contributed by atoms with E-state index in [1.165, 1.54) is 41.2 Å². The third kappa shape index (κ3) is 6.79. The lowest BCUT2D eigenvalue weighted by Gasteiger charge is -2.17. The number of pyridine rings is 1. The van der Waals surface area contributed by atoms with Crippen molar-refractivity contribution in [2.75, 3.05) is 24.3 Å². The van der Waals surface area contributed by atoms with Gasteiger partial charge in [-0.05, 0) is 42.5 Å². The fourth-order valence-corrected chi connectivity index (χ4v) is 6.92. The van der Waals surface area contributed by atoms with Gasteiger partial charge in [-0.2, -0.15) is 32.0 Å². The Kier molecular flexibility index (Phi) is 9.52. The van der Waals surface area contributed by atoms with Crippen molar-refractivity contribution in [3.8, 4) is 6.07 Å². The minimum Gasteiger partial charge on any atom is -0.778 e. The van der Waals surface area contributed by atoms with Crippen molar-refractivity contribution in [1.29, 1.82) is 5.26 Å². The predicted octanol–water partition coefficient (Wildman–Crippen LogP) is 5.06. The highest BCUT2D eigenvalue weighted by molar-refractivity contribution is 7.90. The summed E-state index contributed by atoms with van der Waals surface area (Å²) in [6, 6.07) is 18.2. The van der Waals surface area contributed by atoms with Gasteiger partial charge >= 0.3 is 15.8 Å². The highest BCUT2D eigenvalue weighted by Crippen LogP contribution is 2.28. The zero-order valence-electron chi connectivity index (χ0n) is 23.9. The molecule has 0 fully saturated rings. The second-order valence-electron chi connectivity index (χ2n) is 9.81. The Hall–Kier alpha value is -4.65. The number of carbonyl (C=O) groups excluding carboxylic acids is 2. The molecule has 2 N–H and O–H groups in total. The second kappa shape index (κ2) is 13.4. The number of amides is 1. The van der Waals surface area contributed by atoms with Crippen molar-refractivity contribution >= 4 is 97.5 Å². The summed E-state index contributed by atoms with van der Waals surface area (Å²) in [5.74, 6) is -1.86. The number of anilines is 2. The summed E-state index contributed by atoms with van der Waals surface area (Å²) in [5.41, 5.74) is 1.53. The molecular formula is C30H21Cl2N7O4S3. The van der Waals surface area contributed by atoms with E-state index in [1.807, 2.05) is 25.1 Å². The van der Waals surface area contributed by atoms with Crippen LogP contribution in [0, 0.1) is 11.3 Å². The van der Waals surface area contributed by atoms with Crippen molar-refractivity contribution in [2.24, 2.45) is 0 Å². The summed E-state index contributed by atoms with van der Waals surface area (Å²) >= 11 is 18.6. The first-order valence-electron chi connectivity index (χ1n) is 13.1. The molecular weight excluding hydrogens is 689 g/mol. The van der Waals surface area contributed by atoms with Crippen LogP contribution in [-0.2, 0) is 22.7 Å². The van der Waals surface area contributed by atoms with Crippen LogP contribution in [-0.4, -0.2) is 43.0 Å². The van der Waals surface area contributed by atoms with E-state index in [0.29, 0.717) is 21.7 Å². The maximum atomic E-state index is 14.0. The number of sulfonamides is 1. The fraction of sp³-hybridized carbons (Fsp3) is 0.0667. The lowest BCUT2D eigenvalue weighted by Crippen LogP contribution is -2.43. The fourth-order valence-electron chi connectivity index (χ4n) is 4.25. The van der Waals surface area contributed by atoms with Gasteiger partial charge in [-0.25, -0.2) is 4.57 Å². The number of fused-ring (bicyclic) bond motifs is 1. The zero-order chi connectivity index (χ0) is 33.2. The summed E-state index contributed by atoms with van der Waals surface area (Å²) in [7, 11) is -1.01. The number of carbonyl (C=O) groups is 2. The predicted molar refractivity (Wildman–Crippen MR) is 178 cm³/mol. The first-order valence-corrected chi connectivity index (χ1v) is 16.5. The van der Waals surface area contributed by atoms with Gasteiger partial charge in [0.2, 0.25) is 5.78 Å². The standard InChI is InChI=1S/C30H21Cl2N7O4S3/c1-38(2)19-10-12-39(13-11-19)29(21(16-33)28(40)17-6-8-18(31)9-7-17)37-46(42,43)26-14-20(22(32)15-25(26)44)30(41)34-23-4-3-5-24-27(23)36-45-35-24/h3-15H,1-2H3,(H2-,34,35,37,40,41,44). The number of nitriles is 1. The largest absolute Gasteiger partial charge is 0.778 e. The number of nitrogens with one attached hydrogen (secondary N) is 2. The van der Waals surface area contributed by atoms with E-state index in [-0.39, 0.29) is 26.9 Å². The Morgan fingerprint density at radius 2 is 1.72 bits per heavy atom. The highest BCUT2D eigenvalue weighted by atomic mass is 35.5. The van der Waals surface area contributed by atoms with Crippen molar-refractivity contribution in [3.63, 3.8) is 0 Å². The number of benzene rings is 3. The van der Waals surface area contributed by atoms with Crippen LogP contribution in [0.25, 0.3) is 16.9 Å². The number of allylic oxidation sites excluding steroid dienone is 1. The number of hydrogen-bond acceptors (Lipinski definition) is 10. The molecule has 0 saturated carbocycles. The average molecular weight is 711 g/mol. The van der Waals surface area contributed by atoms with Gasteiger partial charge in [0.05, 0.1) is 45.3 Å². The SMILES string of the molecule is CN(C)c1cc[n+](/C(NS(=O)(=O)c2cc(C(=O)Nc3cccc4nsnc34)c(Cl)cc2[S-])=C(\C#N)C(=O)c2ccc(Cl)cc2)cc1. The first-order chi connectivity index (χ1) is 21.9. The third-order valence-corrected chi connectivity index (χ3v) is 9.55. The molecule has 5 rings (SSSR count). The number of rotatable bonds is 9. The van der Waals surface area contributed by atoms with E-state index >= 15 is 0 Å². The lowest BCUT2D eigenvalue weighted by atomic mass is 10.0. The van der Waals surface area contributed by atoms with Crippen LogP contribution >= 0.6 is 34.9 Å². The molecule has 11 nitrogen and oxygen atoms in total. The number of ketones is 1. The molecule has 0 atom stereocenters. The van der Waals surface area contributed by atoms with Gasteiger partial charge in [-0.1, -0.05) is 35.3 Å². The first kappa shape index (κ1) is 32.7. The Morgan fingerprint density at radius 1 is 1.02 bits per heavy atom. The van der Waals surface area contributed by atoms with E-state index < -0.39 is 32.2 Å². The number of hydrogen-bond donors (Lipinski definition) is 2. The smallest absolute Gasteiger partial charge is 0.327 e. The molecule has 5 aromatic rings.